The fraction of sp³-hybridized carbons (Fsp3) is 0.875. The molecule has 0 unspecified atom stereocenters. The van der Waals surface area contributed by atoms with Gasteiger partial charge in [0.15, 0.2) is 0 Å². The summed E-state index contributed by atoms with van der Waals surface area (Å²) in [5, 5.41) is 0. The van der Waals surface area contributed by atoms with Gasteiger partial charge in [0.25, 0.3) is 0 Å². The van der Waals surface area contributed by atoms with Crippen molar-refractivity contribution < 1.29 is 0 Å². The number of hydrogen-bond donors (Lipinski definition) is 0. The third-order valence-electron chi connectivity index (χ3n) is 5.15. The summed E-state index contributed by atoms with van der Waals surface area (Å²) in [6.45, 7) is 10.3. The Morgan fingerprint density at radius 2 is 1.44 bits per heavy atom. The summed E-state index contributed by atoms with van der Waals surface area (Å²) >= 11 is 0. The summed E-state index contributed by atoms with van der Waals surface area (Å²) in [4.78, 5) is 2.91. The van der Waals surface area contributed by atoms with Crippen molar-refractivity contribution in [1.82, 2.24) is 4.90 Å². The monoisotopic (exact) mass is 265 g/mol. The molecule has 0 bridgehead atoms. The maximum Gasteiger partial charge on any atom is 0.0722 e. The standard InChI is InChI=1S/C16H31NSi/c1-4-18(2,3)14-13-17(15-9-5-6-10-15)16-11-7-8-12-16/h4,15-16H,1,5-14H2,2-3H3. The van der Waals surface area contributed by atoms with E-state index in [2.05, 4.69) is 30.3 Å². The number of rotatable bonds is 6. The molecule has 2 saturated carbocycles. The van der Waals surface area contributed by atoms with E-state index in [4.69, 9.17) is 0 Å². The van der Waals surface area contributed by atoms with Crippen molar-refractivity contribution >= 4 is 8.07 Å². The van der Waals surface area contributed by atoms with E-state index in [9.17, 15) is 0 Å². The SMILES string of the molecule is C=C[Si](C)(C)CCN(C1CCCC1)C1CCCC1. The molecular weight excluding hydrogens is 234 g/mol. The molecule has 0 spiro atoms. The van der Waals surface area contributed by atoms with Crippen LogP contribution in [0, 0.1) is 0 Å². The van der Waals surface area contributed by atoms with Gasteiger partial charge in [0.1, 0.15) is 0 Å². The normalized spacial score (nSPS) is 23.1. The topological polar surface area (TPSA) is 3.24 Å². The van der Waals surface area contributed by atoms with E-state index in [-0.39, 0.29) is 0 Å². The molecule has 0 N–H and O–H groups in total. The second kappa shape index (κ2) is 6.38. The van der Waals surface area contributed by atoms with E-state index in [0.717, 1.165) is 12.1 Å². The summed E-state index contributed by atoms with van der Waals surface area (Å²) in [6, 6.07) is 3.24. The maximum absolute atomic E-state index is 4.05. The molecule has 0 aromatic carbocycles. The zero-order valence-corrected chi connectivity index (χ0v) is 13.5. The Bertz CT molecular complexity index is 246. The minimum atomic E-state index is -1.12. The van der Waals surface area contributed by atoms with Crippen LogP contribution >= 0.6 is 0 Å². The van der Waals surface area contributed by atoms with E-state index in [1.54, 1.807) is 0 Å². The van der Waals surface area contributed by atoms with Crippen molar-refractivity contribution in [2.75, 3.05) is 6.54 Å². The molecule has 2 rings (SSSR count). The molecule has 0 amide bonds. The third-order valence-corrected chi connectivity index (χ3v) is 7.77. The summed E-state index contributed by atoms with van der Waals surface area (Å²) in [6.07, 6.45) is 11.7. The average Bonchev–Trinajstić information content (AvgIpc) is 3.01. The molecule has 0 heterocycles. The molecule has 2 aliphatic rings. The van der Waals surface area contributed by atoms with Gasteiger partial charge in [0.05, 0.1) is 8.07 Å². The molecule has 2 fully saturated rings. The van der Waals surface area contributed by atoms with Crippen molar-refractivity contribution in [2.24, 2.45) is 0 Å². The lowest BCUT2D eigenvalue weighted by Gasteiger charge is -2.36. The Labute approximate surface area is 115 Å². The molecule has 0 aromatic rings. The molecule has 0 radical (unpaired) electrons. The molecule has 18 heavy (non-hydrogen) atoms. The Kier molecular flexibility index (Phi) is 5.08. The Balaban J connectivity index is 1.93. The van der Waals surface area contributed by atoms with Gasteiger partial charge in [0.2, 0.25) is 0 Å². The largest absolute Gasteiger partial charge is 0.298 e. The van der Waals surface area contributed by atoms with Gasteiger partial charge in [-0.3, -0.25) is 4.90 Å². The molecule has 2 heteroatoms. The minimum Gasteiger partial charge on any atom is -0.298 e. The molecular formula is C16H31NSi. The van der Waals surface area contributed by atoms with Crippen LogP contribution in [0.25, 0.3) is 0 Å². The highest BCUT2D eigenvalue weighted by Crippen LogP contribution is 2.32. The Morgan fingerprint density at radius 3 is 1.83 bits per heavy atom. The first-order valence-corrected chi connectivity index (χ1v) is 11.3. The second-order valence-corrected chi connectivity index (χ2v) is 11.9. The van der Waals surface area contributed by atoms with Crippen LogP contribution < -0.4 is 0 Å². The minimum absolute atomic E-state index is 0.919. The highest BCUT2D eigenvalue weighted by molar-refractivity contribution is 6.82. The highest BCUT2D eigenvalue weighted by atomic mass is 28.3. The van der Waals surface area contributed by atoms with Crippen molar-refractivity contribution in [3.8, 4) is 0 Å². The van der Waals surface area contributed by atoms with Crippen molar-refractivity contribution in [1.29, 1.82) is 0 Å². The summed E-state index contributed by atoms with van der Waals surface area (Å²) in [5.74, 6) is 0. The van der Waals surface area contributed by atoms with Gasteiger partial charge in [0, 0.05) is 12.1 Å². The lowest BCUT2D eigenvalue weighted by atomic mass is 10.1. The number of hydrogen-bond acceptors (Lipinski definition) is 1. The van der Waals surface area contributed by atoms with Crippen LogP contribution in [0.1, 0.15) is 51.4 Å². The molecule has 0 saturated heterocycles. The van der Waals surface area contributed by atoms with E-state index in [1.807, 2.05) is 0 Å². The van der Waals surface area contributed by atoms with Crippen molar-refractivity contribution in [3.63, 3.8) is 0 Å². The van der Waals surface area contributed by atoms with Crippen LogP contribution in [0.15, 0.2) is 12.3 Å². The first kappa shape index (κ1) is 14.3. The summed E-state index contributed by atoms with van der Waals surface area (Å²) in [5.41, 5.74) is 2.27. The van der Waals surface area contributed by atoms with E-state index < -0.39 is 8.07 Å². The second-order valence-electron chi connectivity index (χ2n) is 7.06. The fourth-order valence-corrected chi connectivity index (χ4v) is 4.69. The third kappa shape index (κ3) is 3.71. The smallest absolute Gasteiger partial charge is 0.0722 e. The first-order valence-electron chi connectivity index (χ1n) is 8.02. The average molecular weight is 266 g/mol. The number of nitrogens with zero attached hydrogens (tertiary/aromatic N) is 1. The van der Waals surface area contributed by atoms with E-state index in [1.165, 1.54) is 64.0 Å². The first-order chi connectivity index (χ1) is 8.62. The van der Waals surface area contributed by atoms with Crippen LogP contribution in [0.2, 0.25) is 19.1 Å². The van der Waals surface area contributed by atoms with Gasteiger partial charge in [-0.1, -0.05) is 38.8 Å². The molecule has 104 valence electrons. The van der Waals surface area contributed by atoms with E-state index in [0.29, 0.717) is 0 Å². The molecule has 0 atom stereocenters. The fourth-order valence-electron chi connectivity index (χ4n) is 3.65. The maximum atomic E-state index is 4.05. The zero-order valence-electron chi connectivity index (χ0n) is 12.5. The summed E-state index contributed by atoms with van der Waals surface area (Å²) in [7, 11) is -1.12. The lowest BCUT2D eigenvalue weighted by Crippen LogP contribution is -2.43. The van der Waals surface area contributed by atoms with E-state index >= 15 is 0 Å². The molecule has 1 nitrogen and oxygen atoms in total. The van der Waals surface area contributed by atoms with Crippen LogP contribution in [0.4, 0.5) is 0 Å². The van der Waals surface area contributed by atoms with Crippen LogP contribution in [0.3, 0.4) is 0 Å². The quantitative estimate of drug-likeness (QED) is 0.634. The molecule has 0 aromatic heterocycles. The van der Waals surface area contributed by atoms with Gasteiger partial charge in [-0.25, -0.2) is 0 Å². The van der Waals surface area contributed by atoms with Crippen LogP contribution in [-0.4, -0.2) is 31.6 Å². The Hall–Kier alpha value is -0.0831. The van der Waals surface area contributed by atoms with Gasteiger partial charge in [-0.2, -0.15) is 0 Å². The van der Waals surface area contributed by atoms with Crippen molar-refractivity contribution in [3.05, 3.63) is 12.3 Å². The Morgan fingerprint density at radius 1 is 1.00 bits per heavy atom. The lowest BCUT2D eigenvalue weighted by molar-refractivity contribution is 0.145. The van der Waals surface area contributed by atoms with Gasteiger partial charge < -0.3 is 0 Å². The van der Waals surface area contributed by atoms with Gasteiger partial charge in [-0.15, -0.1) is 12.3 Å². The zero-order chi connectivity index (χ0) is 13.0. The molecule has 2 aliphatic carbocycles. The van der Waals surface area contributed by atoms with Crippen molar-refractivity contribution in [2.45, 2.75) is 82.6 Å². The van der Waals surface area contributed by atoms with Crippen LogP contribution in [-0.2, 0) is 0 Å². The molecule has 0 aliphatic heterocycles. The summed E-state index contributed by atoms with van der Waals surface area (Å²) < 4.78 is 0. The van der Waals surface area contributed by atoms with Crippen LogP contribution in [0.5, 0.6) is 0 Å². The highest BCUT2D eigenvalue weighted by Gasteiger charge is 2.31. The predicted octanol–water partition coefficient (Wildman–Crippen LogP) is 4.61. The predicted molar refractivity (Wildman–Crippen MR) is 83.7 cm³/mol. The van der Waals surface area contributed by atoms with Gasteiger partial charge in [-0.05, 0) is 38.3 Å². The van der Waals surface area contributed by atoms with Gasteiger partial charge >= 0.3 is 0 Å².